The van der Waals surface area contributed by atoms with E-state index in [0.717, 1.165) is 38.2 Å². The summed E-state index contributed by atoms with van der Waals surface area (Å²) in [5.74, 6) is 1.92. The van der Waals surface area contributed by atoms with Crippen molar-refractivity contribution in [3.8, 4) is 5.75 Å². The van der Waals surface area contributed by atoms with E-state index < -0.39 is 0 Å². The first-order valence-electron chi connectivity index (χ1n) is 13.2. The van der Waals surface area contributed by atoms with Gasteiger partial charge < -0.3 is 55.3 Å². The van der Waals surface area contributed by atoms with Gasteiger partial charge in [0.15, 0.2) is 0 Å². The van der Waals surface area contributed by atoms with Gasteiger partial charge >= 0.3 is 0 Å². The molecule has 0 heterocycles. The van der Waals surface area contributed by atoms with Gasteiger partial charge in [0, 0.05) is 27.0 Å². The van der Waals surface area contributed by atoms with Crippen LogP contribution in [0, 0.1) is 5.92 Å². The Hall–Kier alpha value is -0.206. The van der Waals surface area contributed by atoms with E-state index in [9.17, 15) is 0 Å². The van der Waals surface area contributed by atoms with Gasteiger partial charge in [0.2, 0.25) is 0 Å². The zero-order valence-electron chi connectivity index (χ0n) is 24.2. The Morgan fingerprint density at radius 2 is 1.31 bits per heavy atom. The summed E-state index contributed by atoms with van der Waals surface area (Å²) < 4.78 is 7.82. The van der Waals surface area contributed by atoms with Crippen LogP contribution in [0.2, 0.25) is 0 Å². The molecule has 2 aromatic rings. The smallest absolute Gasteiger partial charge is 0.124 e. The molecule has 1 unspecified atom stereocenters. The zero-order valence-corrected chi connectivity index (χ0v) is 30.1. The van der Waals surface area contributed by atoms with Crippen molar-refractivity contribution in [1.29, 1.82) is 0 Å². The second-order valence-corrected chi connectivity index (χ2v) is 15.4. The predicted molar refractivity (Wildman–Crippen MR) is 185 cm³/mol. The molecular weight excluding hydrogens is 639 g/mol. The van der Waals surface area contributed by atoms with Gasteiger partial charge in [0.05, 0.1) is 6.61 Å². The standard InChI is InChI=1S/C23H30OS2.C8H16S4.Ni/c1-5-17(4)19-11-12-21(24-14-13-16(2)3)20(15-19)23(26)22(25)18-9-7-6-8-10-18;1-5(2)11-7(9)8(10)12-6(3)4;/h6-12,15-17,25-26H,5,13-14H2,1-4H3;5-6,9-10H,1-4H3;/p-4/b23-22-;8-7-;. The maximum absolute atomic E-state index is 6.08. The minimum atomic E-state index is 0. The van der Waals surface area contributed by atoms with Crippen molar-refractivity contribution in [2.45, 2.75) is 84.6 Å². The van der Waals surface area contributed by atoms with Crippen molar-refractivity contribution in [3.63, 3.8) is 0 Å². The average molecular weight is 682 g/mol. The summed E-state index contributed by atoms with van der Waals surface area (Å²) >= 11 is 25.1. The molecule has 222 valence electrons. The van der Waals surface area contributed by atoms with Crippen LogP contribution in [-0.2, 0) is 67.0 Å². The average Bonchev–Trinajstić information content (AvgIpc) is 2.87. The molecule has 39 heavy (non-hydrogen) atoms. The van der Waals surface area contributed by atoms with Crippen molar-refractivity contribution >= 4 is 83.8 Å². The number of hydrogen-bond acceptors (Lipinski definition) is 7. The molecule has 1 atom stereocenters. The SMILES string of the molecule is CC(C)S/C([S-])=C(/[S-])SC(C)C.CCC(C)c1ccc(OCCC(C)C)c(/C([S-])=C(/[S-])c2ccccc2)c1.[Ni]. The molecule has 2 rings (SSSR count). The van der Waals surface area contributed by atoms with E-state index in [-0.39, 0.29) is 16.5 Å². The Bertz CT molecular complexity index is 1020. The summed E-state index contributed by atoms with van der Waals surface area (Å²) in [5, 5.41) is 1.06. The Kier molecular flexibility index (Phi) is 20.5. The summed E-state index contributed by atoms with van der Waals surface area (Å²) in [6.45, 7) is 18.0. The first-order valence-corrected chi connectivity index (χ1v) is 16.6. The molecule has 0 aliphatic heterocycles. The van der Waals surface area contributed by atoms with Gasteiger partial charge in [0.25, 0.3) is 0 Å². The summed E-state index contributed by atoms with van der Waals surface area (Å²) in [4.78, 5) is 1.39. The molecule has 0 saturated heterocycles. The maximum Gasteiger partial charge on any atom is 0.124 e. The molecule has 0 radical (unpaired) electrons. The van der Waals surface area contributed by atoms with Gasteiger partial charge in [-0.1, -0.05) is 91.8 Å². The van der Waals surface area contributed by atoms with Crippen molar-refractivity contribution in [2.24, 2.45) is 5.92 Å². The molecule has 0 aliphatic carbocycles. The van der Waals surface area contributed by atoms with Gasteiger partial charge in [0.1, 0.15) is 5.75 Å². The summed E-state index contributed by atoms with van der Waals surface area (Å²) in [6.07, 6.45) is 2.10. The second kappa shape index (κ2) is 20.6. The van der Waals surface area contributed by atoms with E-state index in [1.54, 1.807) is 23.5 Å². The molecular formula is C31H42NiOS6-4. The Balaban J connectivity index is 0.000000944. The Labute approximate surface area is 279 Å². The summed E-state index contributed by atoms with van der Waals surface area (Å²) in [6, 6.07) is 16.3. The molecule has 1 nitrogen and oxygen atoms in total. The largest absolute Gasteiger partial charge is 0.780 e. The fourth-order valence-corrected chi connectivity index (χ4v) is 6.47. The molecule has 8 heteroatoms. The molecule has 0 aromatic heterocycles. The quantitative estimate of drug-likeness (QED) is 0.124. The number of benzene rings is 2. The molecule has 0 spiro atoms. The topological polar surface area (TPSA) is 9.23 Å². The van der Waals surface area contributed by atoms with Crippen LogP contribution in [0.3, 0.4) is 0 Å². The normalized spacial score (nSPS) is 13.2. The van der Waals surface area contributed by atoms with Crippen LogP contribution in [0.15, 0.2) is 57.0 Å². The van der Waals surface area contributed by atoms with Gasteiger partial charge in [-0.3, -0.25) is 0 Å². The van der Waals surface area contributed by atoms with Crippen molar-refractivity contribution in [3.05, 3.63) is 73.7 Å². The van der Waals surface area contributed by atoms with E-state index >= 15 is 0 Å². The van der Waals surface area contributed by atoms with Crippen LogP contribution in [0.4, 0.5) is 0 Å². The summed E-state index contributed by atoms with van der Waals surface area (Å²) in [7, 11) is 0. The predicted octanol–water partition coefficient (Wildman–Crippen LogP) is 10.0. The molecule has 0 amide bonds. The van der Waals surface area contributed by atoms with Crippen LogP contribution in [0.5, 0.6) is 5.75 Å². The van der Waals surface area contributed by atoms with E-state index in [1.165, 1.54) is 5.56 Å². The second-order valence-electron chi connectivity index (χ2n) is 10.0. The molecule has 0 aliphatic rings. The minimum Gasteiger partial charge on any atom is -0.780 e. The van der Waals surface area contributed by atoms with E-state index in [4.69, 9.17) is 55.3 Å². The molecule has 0 bridgehead atoms. The maximum atomic E-state index is 6.08. The third-order valence-electron chi connectivity index (χ3n) is 5.48. The Morgan fingerprint density at radius 3 is 1.77 bits per heavy atom. The van der Waals surface area contributed by atoms with Crippen LogP contribution in [0.1, 0.15) is 90.8 Å². The zero-order chi connectivity index (χ0) is 28.8. The number of thioether (sulfide) groups is 2. The van der Waals surface area contributed by atoms with Crippen LogP contribution in [0.25, 0.3) is 9.81 Å². The number of hydrogen-bond donors (Lipinski definition) is 0. The van der Waals surface area contributed by atoms with E-state index in [0.29, 0.717) is 38.8 Å². The monoisotopic (exact) mass is 680 g/mol. The van der Waals surface area contributed by atoms with Gasteiger partial charge in [-0.05, 0) is 53.5 Å². The van der Waals surface area contributed by atoms with Crippen LogP contribution < -0.4 is 4.74 Å². The van der Waals surface area contributed by atoms with Crippen LogP contribution >= 0.6 is 23.5 Å². The summed E-state index contributed by atoms with van der Waals surface area (Å²) in [5.41, 5.74) is 3.20. The van der Waals surface area contributed by atoms with Gasteiger partial charge in [-0.15, -0.1) is 0 Å². The fraction of sp³-hybridized carbons (Fsp3) is 0.484. The molecule has 0 saturated carbocycles. The molecule has 2 aromatic carbocycles. The van der Waals surface area contributed by atoms with Crippen molar-refractivity contribution < 1.29 is 21.2 Å². The molecule has 0 fully saturated rings. The first kappa shape index (κ1) is 38.8. The van der Waals surface area contributed by atoms with Gasteiger partial charge in [-0.2, -0.15) is 41.8 Å². The first-order chi connectivity index (χ1) is 17.9. The van der Waals surface area contributed by atoms with Gasteiger partial charge in [-0.25, -0.2) is 0 Å². The third-order valence-corrected chi connectivity index (χ3v) is 9.75. The Morgan fingerprint density at radius 1 is 0.769 bits per heavy atom. The molecule has 0 N–H and O–H groups in total. The number of rotatable bonds is 12. The minimum absolute atomic E-state index is 0. The van der Waals surface area contributed by atoms with E-state index in [2.05, 4.69) is 73.6 Å². The van der Waals surface area contributed by atoms with Crippen molar-refractivity contribution in [2.75, 3.05) is 6.61 Å². The third kappa shape index (κ3) is 15.0. The fourth-order valence-electron chi connectivity index (χ4n) is 3.17. The van der Waals surface area contributed by atoms with E-state index in [1.807, 2.05) is 30.3 Å². The number of ether oxygens (including phenoxy) is 1. The van der Waals surface area contributed by atoms with Crippen molar-refractivity contribution in [1.82, 2.24) is 0 Å². The van der Waals surface area contributed by atoms with Crippen LogP contribution in [-0.4, -0.2) is 17.1 Å².